The van der Waals surface area contributed by atoms with Crippen molar-refractivity contribution in [3.8, 4) is 0 Å². The molecule has 0 fully saturated rings. The first-order valence-electron chi connectivity index (χ1n) is 9.17. The molecule has 0 radical (unpaired) electrons. The number of alkyl halides is 3. The summed E-state index contributed by atoms with van der Waals surface area (Å²) in [6.07, 6.45) is -4.44. The van der Waals surface area contributed by atoms with Crippen molar-refractivity contribution in [3.05, 3.63) is 71.0 Å². The van der Waals surface area contributed by atoms with Crippen LogP contribution in [0.25, 0.3) is 0 Å². The molecule has 1 aliphatic rings. The summed E-state index contributed by atoms with van der Waals surface area (Å²) in [6, 6.07) is 10.5. The van der Waals surface area contributed by atoms with Crippen LogP contribution in [0.3, 0.4) is 0 Å². The molecule has 0 saturated carbocycles. The highest BCUT2D eigenvalue weighted by molar-refractivity contribution is 6.01. The highest BCUT2D eigenvalue weighted by atomic mass is 19.4. The third-order valence-corrected chi connectivity index (χ3v) is 4.61. The van der Waals surface area contributed by atoms with Crippen molar-refractivity contribution in [2.45, 2.75) is 25.2 Å². The molecule has 5 nitrogen and oxygen atoms in total. The number of hydrogen-bond acceptors (Lipinski definition) is 4. The first-order chi connectivity index (χ1) is 14.3. The normalized spacial score (nSPS) is 16.2. The van der Waals surface area contributed by atoms with Crippen molar-refractivity contribution in [1.29, 1.82) is 0 Å². The quantitative estimate of drug-likeness (QED) is 0.631. The fourth-order valence-electron chi connectivity index (χ4n) is 3.07. The Labute approximate surface area is 170 Å². The summed E-state index contributed by atoms with van der Waals surface area (Å²) in [4.78, 5) is 19.3. The number of rotatable bonds is 7. The van der Waals surface area contributed by atoms with Gasteiger partial charge in [-0.25, -0.2) is 4.39 Å². The maximum atomic E-state index is 13.1. The Morgan fingerprint density at radius 1 is 1.17 bits per heavy atom. The molecule has 0 aliphatic carbocycles. The van der Waals surface area contributed by atoms with Crippen LogP contribution in [-0.4, -0.2) is 42.9 Å². The zero-order valence-electron chi connectivity index (χ0n) is 16.2. The van der Waals surface area contributed by atoms with E-state index in [1.165, 1.54) is 36.3 Å². The van der Waals surface area contributed by atoms with Crippen LogP contribution in [0.15, 0.2) is 53.7 Å². The number of benzene rings is 2. The summed E-state index contributed by atoms with van der Waals surface area (Å²) in [5, 5.41) is 4.02. The van der Waals surface area contributed by atoms with Crippen LogP contribution in [0.4, 0.5) is 17.6 Å². The van der Waals surface area contributed by atoms with Crippen LogP contribution >= 0.6 is 0 Å². The minimum absolute atomic E-state index is 0.103. The Kier molecular flexibility index (Phi) is 6.71. The molecule has 0 saturated heterocycles. The average molecular weight is 424 g/mol. The molecule has 0 spiro atoms. The Morgan fingerprint density at radius 2 is 1.83 bits per heavy atom. The van der Waals surface area contributed by atoms with Gasteiger partial charge in [-0.2, -0.15) is 13.2 Å². The van der Waals surface area contributed by atoms with Crippen molar-refractivity contribution in [3.63, 3.8) is 0 Å². The van der Waals surface area contributed by atoms with Gasteiger partial charge < -0.3 is 14.5 Å². The Bertz CT molecular complexity index is 896. The number of oxime groups is 1. The molecule has 9 heteroatoms. The number of methoxy groups -OCH3 is 1. The molecule has 0 bridgehead atoms. The Hall–Kier alpha value is -2.94. The van der Waals surface area contributed by atoms with E-state index in [9.17, 15) is 22.4 Å². The van der Waals surface area contributed by atoms with Gasteiger partial charge in [0.15, 0.2) is 6.10 Å². The molecule has 2 aromatic rings. The number of ether oxygens (including phenoxy) is 1. The zero-order valence-corrected chi connectivity index (χ0v) is 16.2. The summed E-state index contributed by atoms with van der Waals surface area (Å²) in [5.41, 5.74) is 1.15. The summed E-state index contributed by atoms with van der Waals surface area (Å²) >= 11 is 0. The van der Waals surface area contributed by atoms with Gasteiger partial charge in [0.2, 0.25) is 5.91 Å². The van der Waals surface area contributed by atoms with E-state index in [1.807, 2.05) is 0 Å². The number of nitrogens with zero attached hydrogens (tertiary/aromatic N) is 2. The highest BCUT2D eigenvalue weighted by Crippen LogP contribution is 2.29. The SMILES string of the molecule is COCC(=O)N(Cc1ccc(C(F)(F)F)cc1)CC1CC(c2ccc(F)cc2)=NO1. The fourth-order valence-corrected chi connectivity index (χ4v) is 3.07. The van der Waals surface area contributed by atoms with Crippen LogP contribution in [0.1, 0.15) is 23.1 Å². The molecule has 30 heavy (non-hydrogen) atoms. The number of carbonyl (C=O) groups is 1. The second-order valence-electron chi connectivity index (χ2n) is 6.88. The first-order valence-corrected chi connectivity index (χ1v) is 9.17. The molecule has 1 atom stereocenters. The third kappa shape index (κ3) is 5.56. The maximum absolute atomic E-state index is 13.1. The summed E-state index contributed by atoms with van der Waals surface area (Å²) < 4.78 is 56.2. The molecule has 1 aliphatic heterocycles. The van der Waals surface area contributed by atoms with E-state index in [1.54, 1.807) is 12.1 Å². The summed E-state index contributed by atoms with van der Waals surface area (Å²) in [7, 11) is 1.38. The van der Waals surface area contributed by atoms with Gasteiger partial charge >= 0.3 is 6.18 Å². The van der Waals surface area contributed by atoms with Crippen molar-refractivity contribution in [1.82, 2.24) is 4.90 Å². The number of carbonyl (C=O) groups excluding carboxylic acids is 1. The molecular weight excluding hydrogens is 404 g/mol. The predicted octanol–water partition coefficient (Wildman–Crippen LogP) is 4.01. The fraction of sp³-hybridized carbons (Fsp3) is 0.333. The van der Waals surface area contributed by atoms with E-state index < -0.39 is 17.8 Å². The van der Waals surface area contributed by atoms with Crippen LogP contribution < -0.4 is 0 Å². The molecule has 3 rings (SSSR count). The molecule has 2 aromatic carbocycles. The second kappa shape index (κ2) is 9.25. The van der Waals surface area contributed by atoms with Crippen molar-refractivity contribution in [2.24, 2.45) is 5.16 Å². The second-order valence-corrected chi connectivity index (χ2v) is 6.88. The highest BCUT2D eigenvalue weighted by Gasteiger charge is 2.30. The number of halogens is 4. The lowest BCUT2D eigenvalue weighted by Gasteiger charge is -2.25. The molecule has 1 amide bonds. The Balaban J connectivity index is 1.66. The largest absolute Gasteiger partial charge is 0.416 e. The third-order valence-electron chi connectivity index (χ3n) is 4.61. The molecule has 0 aromatic heterocycles. The van der Waals surface area contributed by atoms with Crippen LogP contribution in [-0.2, 0) is 27.1 Å². The minimum Gasteiger partial charge on any atom is -0.390 e. The van der Waals surface area contributed by atoms with Crippen molar-refractivity contribution >= 4 is 11.6 Å². The lowest BCUT2D eigenvalue weighted by molar-refractivity contribution is -0.138. The molecule has 160 valence electrons. The smallest absolute Gasteiger partial charge is 0.390 e. The monoisotopic (exact) mass is 424 g/mol. The number of hydrogen-bond donors (Lipinski definition) is 0. The lowest BCUT2D eigenvalue weighted by atomic mass is 10.0. The van der Waals surface area contributed by atoms with Crippen molar-refractivity contribution in [2.75, 3.05) is 20.3 Å². The van der Waals surface area contributed by atoms with E-state index >= 15 is 0 Å². The maximum Gasteiger partial charge on any atom is 0.416 e. The first kappa shape index (κ1) is 21.8. The average Bonchev–Trinajstić information content (AvgIpc) is 3.16. The van der Waals surface area contributed by atoms with Crippen LogP contribution in [0, 0.1) is 5.82 Å². The van der Waals surface area contributed by atoms with Crippen LogP contribution in [0.2, 0.25) is 0 Å². The van der Waals surface area contributed by atoms with Gasteiger partial charge in [0.05, 0.1) is 17.8 Å². The summed E-state index contributed by atoms with van der Waals surface area (Å²) in [5.74, 6) is -0.682. The lowest BCUT2D eigenvalue weighted by Crippen LogP contribution is -2.39. The van der Waals surface area contributed by atoms with Gasteiger partial charge in [0.25, 0.3) is 0 Å². The van der Waals surface area contributed by atoms with Crippen LogP contribution in [0.5, 0.6) is 0 Å². The van der Waals surface area contributed by atoms with Gasteiger partial charge in [0.1, 0.15) is 12.4 Å². The van der Waals surface area contributed by atoms with Gasteiger partial charge in [-0.15, -0.1) is 0 Å². The van der Waals surface area contributed by atoms with Gasteiger partial charge in [0, 0.05) is 20.1 Å². The summed E-state index contributed by atoms with van der Waals surface area (Å²) in [6.45, 7) is 0.114. The minimum atomic E-state index is -4.42. The topological polar surface area (TPSA) is 51.1 Å². The van der Waals surface area contributed by atoms with E-state index in [2.05, 4.69) is 5.16 Å². The molecule has 1 heterocycles. The zero-order chi connectivity index (χ0) is 21.7. The number of amides is 1. The van der Waals surface area contributed by atoms with E-state index in [0.717, 1.165) is 17.7 Å². The molecule has 1 unspecified atom stereocenters. The van der Waals surface area contributed by atoms with Gasteiger partial charge in [-0.1, -0.05) is 29.4 Å². The van der Waals surface area contributed by atoms with Crippen molar-refractivity contribution < 1.29 is 31.9 Å². The van der Waals surface area contributed by atoms with Gasteiger partial charge in [-0.3, -0.25) is 4.79 Å². The van der Waals surface area contributed by atoms with Gasteiger partial charge in [-0.05, 0) is 35.4 Å². The van der Waals surface area contributed by atoms with E-state index in [-0.39, 0.29) is 31.4 Å². The molecule has 0 N–H and O–H groups in total. The molecular formula is C21H20F4N2O3. The Morgan fingerprint density at radius 3 is 2.43 bits per heavy atom. The standard InChI is InChI=1S/C21H20F4N2O3/c1-29-13-20(28)27(11-14-2-6-16(7-3-14)21(23,24)25)12-18-10-19(26-30-18)15-4-8-17(22)9-5-15/h2-9,18H,10-13H2,1H3. The van der Waals surface area contributed by atoms with E-state index in [0.29, 0.717) is 17.7 Å². The van der Waals surface area contributed by atoms with E-state index in [4.69, 9.17) is 9.57 Å². The predicted molar refractivity (Wildman–Crippen MR) is 101 cm³/mol.